The van der Waals surface area contributed by atoms with Gasteiger partial charge in [0.2, 0.25) is 0 Å². The highest BCUT2D eigenvalue weighted by molar-refractivity contribution is 5.80. The van der Waals surface area contributed by atoms with E-state index in [2.05, 4.69) is 65.3 Å². The molecule has 0 aliphatic carbocycles. The Morgan fingerprint density at radius 1 is 1.03 bits per heavy atom. The lowest BCUT2D eigenvalue weighted by molar-refractivity contribution is 0.369. The average molecular weight is 396 g/mol. The predicted molar refractivity (Wildman–Crippen MR) is 121 cm³/mol. The molecule has 29 heavy (non-hydrogen) atoms. The predicted octanol–water partition coefficient (Wildman–Crippen LogP) is 2.74. The molecule has 2 aromatic rings. The molecule has 0 atom stereocenters. The molecule has 6 heteroatoms. The second kappa shape index (κ2) is 10.2. The van der Waals surface area contributed by atoms with Crippen LogP contribution < -0.4 is 10.2 Å². The summed E-state index contributed by atoms with van der Waals surface area (Å²) in [5, 5.41) is 13.6. The normalized spacial score (nSPS) is 15.1. The molecule has 0 amide bonds. The first-order chi connectivity index (χ1) is 14.1. The summed E-state index contributed by atoms with van der Waals surface area (Å²) in [6, 6.07) is 16.2. The van der Waals surface area contributed by atoms with Crippen LogP contribution in [0.3, 0.4) is 0 Å². The number of piperazine rings is 1. The van der Waals surface area contributed by atoms with Crippen LogP contribution in [0, 0.1) is 0 Å². The summed E-state index contributed by atoms with van der Waals surface area (Å²) < 4.78 is 0. The van der Waals surface area contributed by atoms with E-state index in [1.807, 2.05) is 18.2 Å². The molecule has 0 radical (unpaired) electrons. The number of para-hydroxylation sites is 2. The van der Waals surface area contributed by atoms with Gasteiger partial charge in [0.15, 0.2) is 5.96 Å². The summed E-state index contributed by atoms with van der Waals surface area (Å²) in [5.41, 5.74) is 3.45. The number of benzene rings is 2. The summed E-state index contributed by atoms with van der Waals surface area (Å²) in [4.78, 5) is 11.6. The van der Waals surface area contributed by atoms with Crippen LogP contribution in [0.15, 0.2) is 53.5 Å². The molecular weight excluding hydrogens is 362 g/mol. The molecule has 0 saturated carbocycles. The van der Waals surface area contributed by atoms with E-state index < -0.39 is 0 Å². The van der Waals surface area contributed by atoms with Gasteiger partial charge in [0.1, 0.15) is 5.75 Å². The van der Waals surface area contributed by atoms with E-state index >= 15 is 0 Å². The SMILES string of the molecule is CCNC(=NCc1cccc(CN(C)C)c1)N1CCN(c2ccccc2O)CC1. The van der Waals surface area contributed by atoms with Gasteiger partial charge in [0, 0.05) is 39.3 Å². The molecule has 0 aromatic heterocycles. The van der Waals surface area contributed by atoms with E-state index in [0.717, 1.165) is 50.9 Å². The average Bonchev–Trinajstić information content (AvgIpc) is 2.71. The standard InChI is InChI=1S/C23H33N5O/c1-4-24-23(25-17-19-8-7-9-20(16-19)18-26(2)3)28-14-12-27(13-15-28)21-10-5-6-11-22(21)29/h5-11,16,29H,4,12-15,17-18H2,1-3H3,(H,24,25). The number of nitrogens with one attached hydrogen (secondary N) is 1. The highest BCUT2D eigenvalue weighted by Gasteiger charge is 2.21. The highest BCUT2D eigenvalue weighted by Crippen LogP contribution is 2.27. The third-order valence-electron chi connectivity index (χ3n) is 5.04. The number of rotatable bonds is 6. The third-order valence-corrected chi connectivity index (χ3v) is 5.04. The van der Waals surface area contributed by atoms with Crippen LogP contribution in [-0.2, 0) is 13.1 Å². The van der Waals surface area contributed by atoms with Crippen molar-refractivity contribution < 1.29 is 5.11 Å². The van der Waals surface area contributed by atoms with Crippen LogP contribution in [0.5, 0.6) is 5.75 Å². The van der Waals surface area contributed by atoms with Gasteiger partial charge in [-0.15, -0.1) is 0 Å². The molecular formula is C23H33N5O. The zero-order chi connectivity index (χ0) is 20.6. The summed E-state index contributed by atoms with van der Waals surface area (Å²) in [5.74, 6) is 1.31. The van der Waals surface area contributed by atoms with Gasteiger partial charge in [-0.2, -0.15) is 0 Å². The molecule has 1 aliphatic heterocycles. The summed E-state index contributed by atoms with van der Waals surface area (Å²) >= 11 is 0. The fourth-order valence-corrected chi connectivity index (χ4v) is 3.67. The third kappa shape index (κ3) is 5.87. The van der Waals surface area contributed by atoms with Gasteiger partial charge in [-0.25, -0.2) is 4.99 Å². The van der Waals surface area contributed by atoms with Crippen LogP contribution in [0.1, 0.15) is 18.1 Å². The van der Waals surface area contributed by atoms with Crippen LogP contribution in [0.4, 0.5) is 5.69 Å². The van der Waals surface area contributed by atoms with E-state index in [-0.39, 0.29) is 0 Å². The van der Waals surface area contributed by atoms with Crippen molar-refractivity contribution in [3.63, 3.8) is 0 Å². The molecule has 1 fully saturated rings. The molecule has 0 bridgehead atoms. The zero-order valence-corrected chi connectivity index (χ0v) is 17.8. The number of aliphatic imine (C=N–C) groups is 1. The number of hydrogen-bond donors (Lipinski definition) is 2. The first kappa shape index (κ1) is 21.0. The molecule has 1 heterocycles. The van der Waals surface area contributed by atoms with Gasteiger partial charge in [0.25, 0.3) is 0 Å². The smallest absolute Gasteiger partial charge is 0.194 e. The number of nitrogens with zero attached hydrogens (tertiary/aromatic N) is 4. The Morgan fingerprint density at radius 3 is 2.45 bits per heavy atom. The molecule has 0 spiro atoms. The van der Waals surface area contributed by atoms with E-state index in [0.29, 0.717) is 12.3 Å². The Balaban J connectivity index is 1.63. The van der Waals surface area contributed by atoms with Gasteiger partial charge in [-0.3, -0.25) is 0 Å². The minimum Gasteiger partial charge on any atom is -0.506 e. The van der Waals surface area contributed by atoms with E-state index in [9.17, 15) is 5.11 Å². The van der Waals surface area contributed by atoms with Gasteiger partial charge in [0.05, 0.1) is 12.2 Å². The number of anilines is 1. The van der Waals surface area contributed by atoms with E-state index in [1.54, 1.807) is 6.07 Å². The Bertz CT molecular complexity index is 812. The Morgan fingerprint density at radius 2 is 1.76 bits per heavy atom. The molecule has 3 rings (SSSR count). The maximum absolute atomic E-state index is 10.1. The molecule has 6 nitrogen and oxygen atoms in total. The van der Waals surface area contributed by atoms with E-state index in [4.69, 9.17) is 4.99 Å². The molecule has 1 aliphatic rings. The van der Waals surface area contributed by atoms with Crippen molar-refractivity contribution in [3.05, 3.63) is 59.7 Å². The zero-order valence-electron chi connectivity index (χ0n) is 17.8. The number of guanidine groups is 1. The lowest BCUT2D eigenvalue weighted by atomic mass is 10.1. The van der Waals surface area contributed by atoms with Crippen molar-refractivity contribution in [2.45, 2.75) is 20.0 Å². The number of aromatic hydroxyl groups is 1. The second-order valence-electron chi connectivity index (χ2n) is 7.69. The van der Waals surface area contributed by atoms with Gasteiger partial charge in [-0.05, 0) is 44.3 Å². The summed E-state index contributed by atoms with van der Waals surface area (Å²) in [6.45, 7) is 8.03. The minimum absolute atomic E-state index is 0.346. The Kier molecular flexibility index (Phi) is 7.36. The van der Waals surface area contributed by atoms with Crippen molar-refractivity contribution in [1.29, 1.82) is 0 Å². The lowest BCUT2D eigenvalue weighted by Gasteiger charge is -2.37. The van der Waals surface area contributed by atoms with Gasteiger partial charge in [-0.1, -0.05) is 36.4 Å². The maximum Gasteiger partial charge on any atom is 0.194 e. The minimum atomic E-state index is 0.346. The van der Waals surface area contributed by atoms with Crippen molar-refractivity contribution in [2.75, 3.05) is 51.7 Å². The van der Waals surface area contributed by atoms with Crippen molar-refractivity contribution in [3.8, 4) is 5.75 Å². The van der Waals surface area contributed by atoms with Crippen LogP contribution in [0.2, 0.25) is 0 Å². The van der Waals surface area contributed by atoms with Crippen molar-refractivity contribution in [1.82, 2.24) is 15.1 Å². The topological polar surface area (TPSA) is 54.3 Å². The molecule has 1 saturated heterocycles. The summed E-state index contributed by atoms with van der Waals surface area (Å²) in [7, 11) is 4.17. The monoisotopic (exact) mass is 395 g/mol. The van der Waals surface area contributed by atoms with Crippen LogP contribution in [0.25, 0.3) is 0 Å². The highest BCUT2D eigenvalue weighted by atomic mass is 16.3. The van der Waals surface area contributed by atoms with Crippen molar-refractivity contribution in [2.24, 2.45) is 4.99 Å². The summed E-state index contributed by atoms with van der Waals surface area (Å²) in [6.07, 6.45) is 0. The van der Waals surface area contributed by atoms with Crippen molar-refractivity contribution >= 4 is 11.6 Å². The molecule has 2 N–H and O–H groups in total. The largest absolute Gasteiger partial charge is 0.506 e. The molecule has 156 valence electrons. The Hall–Kier alpha value is -2.73. The van der Waals surface area contributed by atoms with Gasteiger partial charge >= 0.3 is 0 Å². The second-order valence-corrected chi connectivity index (χ2v) is 7.69. The maximum atomic E-state index is 10.1. The van der Waals surface area contributed by atoms with Crippen LogP contribution in [-0.4, -0.2) is 67.7 Å². The van der Waals surface area contributed by atoms with E-state index in [1.165, 1.54) is 11.1 Å². The molecule has 2 aromatic carbocycles. The number of phenolic OH excluding ortho intramolecular Hbond substituents is 1. The first-order valence-electron chi connectivity index (χ1n) is 10.4. The quantitative estimate of drug-likeness (QED) is 0.582. The Labute approximate surface area is 174 Å². The first-order valence-corrected chi connectivity index (χ1v) is 10.4. The molecule has 0 unspecified atom stereocenters. The number of phenols is 1. The fourth-order valence-electron chi connectivity index (χ4n) is 3.67. The fraction of sp³-hybridized carbons (Fsp3) is 0.435. The van der Waals surface area contributed by atoms with Crippen LogP contribution >= 0.6 is 0 Å². The van der Waals surface area contributed by atoms with Gasteiger partial charge < -0.3 is 25.1 Å². The lowest BCUT2D eigenvalue weighted by Crippen LogP contribution is -2.52. The number of hydrogen-bond acceptors (Lipinski definition) is 4.